The van der Waals surface area contributed by atoms with E-state index >= 15 is 0 Å². The minimum absolute atomic E-state index is 0.0140. The SMILES string of the molecule is C=C(C=C[C@@H](C)[C@H]1CC[C@H]2C3=CC=C4C[C@@H](OC(=O)c5ccccc5)CC[C@]4(C)[C@H]3CC[C@]12C)C(C)C. The molecular formula is C35H46O2. The molecule has 37 heavy (non-hydrogen) atoms. The zero-order valence-corrected chi connectivity index (χ0v) is 23.6. The number of allylic oxidation sites excluding steroid dienone is 6. The first kappa shape index (κ1) is 26.3. The van der Waals surface area contributed by atoms with Gasteiger partial charge in [0.15, 0.2) is 0 Å². The van der Waals surface area contributed by atoms with E-state index in [0.717, 1.165) is 25.2 Å². The molecule has 0 heterocycles. The van der Waals surface area contributed by atoms with Gasteiger partial charge in [-0.2, -0.15) is 0 Å². The van der Waals surface area contributed by atoms with Gasteiger partial charge < -0.3 is 4.74 Å². The fraction of sp³-hybridized carbons (Fsp3) is 0.571. The van der Waals surface area contributed by atoms with Crippen molar-refractivity contribution in [3.63, 3.8) is 0 Å². The molecule has 0 amide bonds. The molecule has 3 fully saturated rings. The van der Waals surface area contributed by atoms with Crippen molar-refractivity contribution in [1.82, 2.24) is 0 Å². The maximum absolute atomic E-state index is 12.7. The summed E-state index contributed by atoms with van der Waals surface area (Å²) in [5, 5.41) is 0. The van der Waals surface area contributed by atoms with E-state index in [1.54, 1.807) is 5.57 Å². The second-order valence-electron chi connectivity index (χ2n) is 13.2. The molecule has 4 aliphatic rings. The van der Waals surface area contributed by atoms with E-state index in [9.17, 15) is 4.79 Å². The molecule has 0 radical (unpaired) electrons. The maximum atomic E-state index is 12.7. The summed E-state index contributed by atoms with van der Waals surface area (Å²) in [4.78, 5) is 12.7. The summed E-state index contributed by atoms with van der Waals surface area (Å²) >= 11 is 0. The molecule has 0 N–H and O–H groups in total. The first-order valence-corrected chi connectivity index (χ1v) is 14.7. The van der Waals surface area contributed by atoms with Crippen LogP contribution in [0.5, 0.6) is 0 Å². The highest BCUT2D eigenvalue weighted by Crippen LogP contribution is 2.66. The van der Waals surface area contributed by atoms with E-state index < -0.39 is 0 Å². The van der Waals surface area contributed by atoms with E-state index in [4.69, 9.17) is 4.74 Å². The molecule has 5 rings (SSSR count). The van der Waals surface area contributed by atoms with E-state index in [1.807, 2.05) is 30.3 Å². The largest absolute Gasteiger partial charge is 0.458 e. The number of fused-ring (bicyclic) bond motifs is 5. The van der Waals surface area contributed by atoms with Gasteiger partial charge in [0.1, 0.15) is 6.10 Å². The van der Waals surface area contributed by atoms with Gasteiger partial charge in [-0.1, -0.05) is 100 Å². The lowest BCUT2D eigenvalue weighted by Crippen LogP contribution is -2.46. The minimum Gasteiger partial charge on any atom is -0.458 e. The smallest absolute Gasteiger partial charge is 0.338 e. The highest BCUT2D eigenvalue weighted by Gasteiger charge is 2.57. The summed E-state index contributed by atoms with van der Waals surface area (Å²) in [7, 11) is 0. The Balaban J connectivity index is 1.31. The van der Waals surface area contributed by atoms with Crippen LogP contribution in [0.15, 0.2) is 77.9 Å². The fourth-order valence-corrected chi connectivity index (χ4v) is 8.37. The van der Waals surface area contributed by atoms with Gasteiger partial charge in [0.2, 0.25) is 0 Å². The molecule has 2 heteroatoms. The van der Waals surface area contributed by atoms with Crippen molar-refractivity contribution in [1.29, 1.82) is 0 Å². The van der Waals surface area contributed by atoms with E-state index in [-0.39, 0.29) is 17.5 Å². The van der Waals surface area contributed by atoms with Crippen LogP contribution in [0, 0.1) is 40.4 Å². The van der Waals surface area contributed by atoms with Crippen LogP contribution < -0.4 is 0 Å². The Bertz CT molecular complexity index is 1120. The quantitative estimate of drug-likeness (QED) is 0.289. The Labute approximate surface area is 225 Å². The molecule has 3 saturated carbocycles. The van der Waals surface area contributed by atoms with Crippen molar-refractivity contribution in [3.05, 3.63) is 83.5 Å². The standard InChI is InChI=1S/C35H46O2/c1-23(2)24(3)12-13-25(4)30-16-17-31-29-15-14-27-22-28(37-33(36)26-10-8-7-9-11-26)18-20-34(27,5)32(29)19-21-35(30,31)6/h7-15,23,25,28,30-32H,3,16-22H2,1-2,4-6H3/t25-,28+,30-,31+,32+,34+,35-/m1/s1. The van der Waals surface area contributed by atoms with Crippen LogP contribution in [0.1, 0.15) is 89.9 Å². The van der Waals surface area contributed by atoms with Crippen LogP contribution in [0.25, 0.3) is 0 Å². The summed E-state index contributed by atoms with van der Waals surface area (Å²) in [6.07, 6.45) is 17.8. The van der Waals surface area contributed by atoms with Gasteiger partial charge >= 0.3 is 5.97 Å². The predicted octanol–water partition coefficient (Wildman–Crippen LogP) is 9.12. The number of benzene rings is 1. The van der Waals surface area contributed by atoms with Gasteiger partial charge in [-0.25, -0.2) is 4.79 Å². The van der Waals surface area contributed by atoms with Crippen LogP contribution in [0.3, 0.4) is 0 Å². The highest BCUT2D eigenvalue weighted by atomic mass is 16.5. The van der Waals surface area contributed by atoms with Crippen molar-refractivity contribution >= 4 is 5.97 Å². The minimum atomic E-state index is -0.188. The third-order valence-electron chi connectivity index (χ3n) is 10.9. The molecule has 1 aromatic carbocycles. The lowest BCUT2D eigenvalue weighted by Gasteiger charge is -2.55. The van der Waals surface area contributed by atoms with E-state index in [0.29, 0.717) is 34.7 Å². The van der Waals surface area contributed by atoms with Gasteiger partial charge in [-0.05, 0) is 91.1 Å². The van der Waals surface area contributed by atoms with Crippen LogP contribution >= 0.6 is 0 Å². The van der Waals surface area contributed by atoms with Gasteiger partial charge in [0.25, 0.3) is 0 Å². The topological polar surface area (TPSA) is 26.3 Å². The Morgan fingerprint density at radius 2 is 1.76 bits per heavy atom. The first-order chi connectivity index (χ1) is 17.6. The predicted molar refractivity (Wildman–Crippen MR) is 153 cm³/mol. The molecule has 0 spiro atoms. The normalized spacial score (nSPS) is 35.7. The van der Waals surface area contributed by atoms with Crippen molar-refractivity contribution in [2.45, 2.75) is 85.7 Å². The Morgan fingerprint density at radius 1 is 1.00 bits per heavy atom. The molecule has 7 atom stereocenters. The average Bonchev–Trinajstić information content (AvgIpc) is 3.25. The molecule has 0 unspecified atom stereocenters. The molecular weight excluding hydrogens is 452 g/mol. The number of esters is 1. The van der Waals surface area contributed by atoms with Crippen molar-refractivity contribution in [2.75, 3.05) is 0 Å². The molecule has 2 nitrogen and oxygen atoms in total. The van der Waals surface area contributed by atoms with Crippen LogP contribution in [0.2, 0.25) is 0 Å². The molecule has 0 aromatic heterocycles. The molecule has 0 bridgehead atoms. The van der Waals surface area contributed by atoms with E-state index in [1.165, 1.54) is 36.8 Å². The van der Waals surface area contributed by atoms with Gasteiger partial charge in [0.05, 0.1) is 5.56 Å². The van der Waals surface area contributed by atoms with Crippen LogP contribution in [-0.4, -0.2) is 12.1 Å². The third-order valence-corrected chi connectivity index (χ3v) is 10.9. The monoisotopic (exact) mass is 498 g/mol. The number of rotatable bonds is 6. The van der Waals surface area contributed by atoms with Crippen LogP contribution in [0.4, 0.5) is 0 Å². The van der Waals surface area contributed by atoms with Crippen LogP contribution in [-0.2, 0) is 4.74 Å². The van der Waals surface area contributed by atoms with Gasteiger partial charge in [0, 0.05) is 6.42 Å². The number of hydrogen-bond donors (Lipinski definition) is 0. The summed E-state index contributed by atoms with van der Waals surface area (Å²) in [5.74, 6) is 2.99. The average molecular weight is 499 g/mol. The molecule has 0 aliphatic heterocycles. The second-order valence-corrected chi connectivity index (χ2v) is 13.2. The van der Waals surface area contributed by atoms with Gasteiger partial charge in [-0.15, -0.1) is 0 Å². The molecule has 4 aliphatic carbocycles. The zero-order chi connectivity index (χ0) is 26.4. The Kier molecular flexibility index (Phi) is 7.16. The van der Waals surface area contributed by atoms with Crippen molar-refractivity contribution in [2.24, 2.45) is 40.4 Å². The number of ether oxygens (including phenoxy) is 1. The highest BCUT2D eigenvalue weighted by molar-refractivity contribution is 5.89. The lowest BCUT2D eigenvalue weighted by atomic mass is 9.50. The molecule has 1 aromatic rings. The Morgan fingerprint density at radius 3 is 2.49 bits per heavy atom. The second kappa shape index (κ2) is 10.1. The summed E-state index contributed by atoms with van der Waals surface area (Å²) < 4.78 is 5.97. The van der Waals surface area contributed by atoms with E-state index in [2.05, 4.69) is 65.5 Å². The van der Waals surface area contributed by atoms with Gasteiger partial charge in [-0.3, -0.25) is 0 Å². The van der Waals surface area contributed by atoms with Crippen molar-refractivity contribution in [3.8, 4) is 0 Å². The fourth-order valence-electron chi connectivity index (χ4n) is 8.37. The molecule has 0 saturated heterocycles. The van der Waals surface area contributed by atoms with Crippen molar-refractivity contribution < 1.29 is 9.53 Å². The summed E-state index contributed by atoms with van der Waals surface area (Å²) in [6, 6.07) is 9.41. The first-order valence-electron chi connectivity index (χ1n) is 14.7. The third kappa shape index (κ3) is 4.70. The Hall–Kier alpha value is -2.35. The number of hydrogen-bond acceptors (Lipinski definition) is 2. The summed E-state index contributed by atoms with van der Waals surface area (Å²) in [6.45, 7) is 16.2. The number of carbonyl (C=O) groups is 1. The summed E-state index contributed by atoms with van der Waals surface area (Å²) in [5.41, 5.74) is 5.70. The number of carbonyl (C=O) groups excluding carboxylic acids is 1. The molecule has 198 valence electrons. The lowest BCUT2D eigenvalue weighted by molar-refractivity contribution is 0.00692. The zero-order valence-electron chi connectivity index (χ0n) is 23.6. The maximum Gasteiger partial charge on any atom is 0.338 e.